The van der Waals surface area contributed by atoms with Crippen molar-refractivity contribution < 1.29 is 29.7 Å². The van der Waals surface area contributed by atoms with Gasteiger partial charge in [-0.15, -0.1) is 12.4 Å². The van der Waals surface area contributed by atoms with E-state index in [9.17, 15) is 19.8 Å². The lowest BCUT2D eigenvalue weighted by atomic mass is 10.1. The van der Waals surface area contributed by atoms with Gasteiger partial charge in [0.15, 0.2) is 12.0 Å². The number of halogens is 1. The first-order chi connectivity index (χ1) is 11.8. The molecule has 2 rings (SSSR count). The first kappa shape index (κ1) is 22.3. The van der Waals surface area contributed by atoms with Gasteiger partial charge in [-0.05, 0) is 12.0 Å². The van der Waals surface area contributed by atoms with Crippen LogP contribution in [0.1, 0.15) is 20.1 Å². The van der Waals surface area contributed by atoms with E-state index < -0.39 is 42.2 Å². The van der Waals surface area contributed by atoms with Crippen molar-refractivity contribution in [1.82, 2.24) is 9.55 Å². The Hall–Kier alpha value is -1.76. The van der Waals surface area contributed by atoms with Crippen molar-refractivity contribution in [2.45, 2.75) is 44.4 Å². The van der Waals surface area contributed by atoms with Crippen molar-refractivity contribution in [1.29, 1.82) is 0 Å². The molecule has 6 N–H and O–H groups in total. The molecule has 1 aliphatic heterocycles. The lowest BCUT2D eigenvalue weighted by molar-refractivity contribution is -0.152. The molecule has 0 bridgehead atoms. The number of nitrogens with one attached hydrogen (secondary N) is 1. The Balaban J connectivity index is 0.00000338. The highest BCUT2D eigenvalue weighted by Gasteiger charge is 2.44. The van der Waals surface area contributed by atoms with E-state index >= 15 is 0 Å². The van der Waals surface area contributed by atoms with Gasteiger partial charge in [0.25, 0.3) is 0 Å². The monoisotopic (exact) mass is 394 g/mol. The molecule has 1 saturated heterocycles. The van der Waals surface area contributed by atoms with Gasteiger partial charge >= 0.3 is 11.7 Å². The number of hydrogen-bond donors (Lipinski definition) is 5. The Morgan fingerprint density at radius 2 is 2.12 bits per heavy atom. The Morgan fingerprint density at radius 3 is 2.65 bits per heavy atom. The van der Waals surface area contributed by atoms with Gasteiger partial charge in [-0.1, -0.05) is 13.8 Å². The highest BCUT2D eigenvalue weighted by Crippen LogP contribution is 2.28. The molecule has 5 atom stereocenters. The summed E-state index contributed by atoms with van der Waals surface area (Å²) >= 11 is 0. The smallest absolute Gasteiger partial charge is 0.351 e. The number of nitrogens with zero attached hydrogens (tertiary/aromatic N) is 2. The number of nitrogens with two attached hydrogens (primary N) is 1. The Labute approximate surface area is 155 Å². The quantitative estimate of drug-likeness (QED) is 0.286. The number of carbonyl (C=O) groups is 1. The molecule has 1 aliphatic rings. The second kappa shape index (κ2) is 9.26. The first-order valence-corrected chi connectivity index (χ1v) is 7.69. The molecule has 0 amide bonds. The number of rotatable bonds is 6. The van der Waals surface area contributed by atoms with E-state index in [2.05, 4.69) is 4.98 Å². The van der Waals surface area contributed by atoms with E-state index in [1.807, 2.05) is 0 Å². The molecule has 0 radical (unpaired) electrons. The van der Waals surface area contributed by atoms with Crippen molar-refractivity contribution >= 4 is 24.2 Å². The summed E-state index contributed by atoms with van der Waals surface area (Å²) < 4.78 is 11.4. The van der Waals surface area contributed by atoms with Crippen molar-refractivity contribution in [2.75, 3.05) is 12.1 Å². The minimum atomic E-state index is -1.44. The van der Waals surface area contributed by atoms with Gasteiger partial charge in [-0.2, -0.15) is 4.98 Å². The molecule has 12 heteroatoms. The summed E-state index contributed by atoms with van der Waals surface area (Å²) in [5, 5.41) is 28.9. The van der Waals surface area contributed by atoms with Crippen LogP contribution < -0.4 is 16.9 Å². The zero-order valence-electron chi connectivity index (χ0n) is 14.2. The maximum Gasteiger partial charge on any atom is 0.351 e. The summed E-state index contributed by atoms with van der Waals surface area (Å²) in [5.41, 5.74) is 6.57. The molecular formula is C14H23ClN4O7. The normalized spacial score (nSPS) is 26.3. The van der Waals surface area contributed by atoms with Crippen molar-refractivity contribution in [3.05, 3.63) is 22.7 Å². The number of anilines is 1. The summed E-state index contributed by atoms with van der Waals surface area (Å²) in [7, 11) is 0. The van der Waals surface area contributed by atoms with Crippen LogP contribution >= 0.6 is 12.4 Å². The topological polar surface area (TPSA) is 169 Å². The average molecular weight is 395 g/mol. The third-order valence-electron chi connectivity index (χ3n) is 3.94. The van der Waals surface area contributed by atoms with E-state index in [1.165, 1.54) is 12.3 Å². The van der Waals surface area contributed by atoms with Gasteiger partial charge in [0.1, 0.15) is 31.0 Å². The fourth-order valence-electron chi connectivity index (χ4n) is 2.30. The fraction of sp³-hybridized carbons (Fsp3) is 0.643. The second-order valence-electron chi connectivity index (χ2n) is 6.06. The lowest BCUT2D eigenvalue weighted by Gasteiger charge is -2.18. The molecule has 1 aromatic heterocycles. The van der Waals surface area contributed by atoms with Crippen molar-refractivity contribution in [3.8, 4) is 0 Å². The Morgan fingerprint density at radius 1 is 1.46 bits per heavy atom. The molecule has 1 fully saturated rings. The summed E-state index contributed by atoms with van der Waals surface area (Å²) in [4.78, 5) is 27.2. The van der Waals surface area contributed by atoms with Crippen LogP contribution in [0.2, 0.25) is 0 Å². The van der Waals surface area contributed by atoms with E-state index in [-0.39, 0.29) is 30.7 Å². The highest BCUT2D eigenvalue weighted by molar-refractivity contribution is 5.85. The summed E-state index contributed by atoms with van der Waals surface area (Å²) in [6.07, 6.45) is -3.83. The molecule has 1 aromatic rings. The zero-order valence-corrected chi connectivity index (χ0v) is 15.0. The van der Waals surface area contributed by atoms with Crippen LogP contribution in [0.3, 0.4) is 0 Å². The van der Waals surface area contributed by atoms with Gasteiger partial charge in [-0.25, -0.2) is 4.79 Å². The van der Waals surface area contributed by atoms with Gasteiger partial charge in [0.05, 0.1) is 0 Å². The molecule has 0 unspecified atom stereocenters. The van der Waals surface area contributed by atoms with E-state index in [1.54, 1.807) is 19.3 Å². The largest absolute Gasteiger partial charge is 0.462 e. The number of aliphatic hydroxyl groups is 2. The molecular weight excluding hydrogens is 372 g/mol. The third kappa shape index (κ3) is 4.69. The van der Waals surface area contributed by atoms with Crippen LogP contribution in [0, 0.1) is 5.92 Å². The molecule has 0 saturated carbocycles. The Kier molecular flexibility index (Phi) is 7.93. The average Bonchev–Trinajstić information content (AvgIpc) is 2.86. The number of hydrogen-bond acceptors (Lipinski definition) is 10. The van der Waals surface area contributed by atoms with E-state index in [0.717, 1.165) is 4.57 Å². The van der Waals surface area contributed by atoms with Crippen LogP contribution in [0.25, 0.3) is 0 Å². The Bertz CT molecular complexity index is 671. The zero-order chi connectivity index (χ0) is 18.7. The minimum Gasteiger partial charge on any atom is -0.462 e. The van der Waals surface area contributed by atoms with E-state index in [4.69, 9.17) is 20.4 Å². The first-order valence-electron chi connectivity index (χ1n) is 7.69. The van der Waals surface area contributed by atoms with Gasteiger partial charge in [0, 0.05) is 6.20 Å². The molecule has 0 aliphatic carbocycles. The number of aromatic nitrogens is 2. The van der Waals surface area contributed by atoms with Crippen LogP contribution in [-0.2, 0) is 14.3 Å². The number of carbonyl (C=O) groups excluding carboxylic acids is 1. The number of ether oxygens (including phenoxy) is 2. The van der Waals surface area contributed by atoms with Gasteiger partial charge in [-0.3, -0.25) is 20.0 Å². The predicted octanol–water partition coefficient (Wildman–Crippen LogP) is -1.39. The number of aliphatic hydroxyl groups excluding tert-OH is 2. The molecule has 26 heavy (non-hydrogen) atoms. The third-order valence-corrected chi connectivity index (χ3v) is 3.94. The van der Waals surface area contributed by atoms with Gasteiger partial charge < -0.3 is 25.4 Å². The number of esters is 1. The molecule has 2 heterocycles. The van der Waals surface area contributed by atoms with Crippen LogP contribution in [0.5, 0.6) is 0 Å². The molecule has 11 nitrogen and oxygen atoms in total. The summed E-state index contributed by atoms with van der Waals surface area (Å²) in [6, 6.07) is 0.461. The minimum absolute atomic E-state index is 0. The lowest BCUT2D eigenvalue weighted by Crippen LogP contribution is -2.40. The standard InChI is InChI=1S/C14H22N4O7.ClH/c1-6(2)9(15)13(21)24-5-7-10(19)11(20)12(25-7)18-4-3-8(17-23)16-14(18)22;/h3-4,6-7,9-12,19-20,23H,5,15H2,1-2H3,(H,16,17,22);1H/t7-,9+,10-,11-,12-;/m1./s1. The van der Waals surface area contributed by atoms with Crippen LogP contribution in [0.15, 0.2) is 17.1 Å². The fourth-order valence-corrected chi connectivity index (χ4v) is 2.30. The maximum absolute atomic E-state index is 11.9. The molecule has 0 aromatic carbocycles. The maximum atomic E-state index is 11.9. The van der Waals surface area contributed by atoms with Crippen molar-refractivity contribution in [2.24, 2.45) is 11.7 Å². The van der Waals surface area contributed by atoms with Crippen LogP contribution in [0.4, 0.5) is 5.82 Å². The molecule has 148 valence electrons. The predicted molar refractivity (Wildman–Crippen MR) is 90.9 cm³/mol. The van der Waals surface area contributed by atoms with Crippen LogP contribution in [-0.4, -0.2) is 61.9 Å². The SMILES string of the molecule is CC(C)[C@H](N)C(=O)OC[C@H]1O[C@@H](n2ccc(NO)nc2=O)[C@H](O)[C@@H]1O.Cl. The van der Waals surface area contributed by atoms with E-state index in [0.29, 0.717) is 0 Å². The highest BCUT2D eigenvalue weighted by atomic mass is 35.5. The van der Waals surface area contributed by atoms with Gasteiger partial charge in [0.2, 0.25) is 0 Å². The summed E-state index contributed by atoms with van der Waals surface area (Å²) in [5.74, 6) is -0.855. The summed E-state index contributed by atoms with van der Waals surface area (Å²) in [6.45, 7) is 3.19. The molecule has 0 spiro atoms. The second-order valence-corrected chi connectivity index (χ2v) is 6.06. The van der Waals surface area contributed by atoms with Crippen molar-refractivity contribution in [3.63, 3.8) is 0 Å².